The van der Waals surface area contributed by atoms with E-state index in [2.05, 4.69) is 4.98 Å². The Morgan fingerprint density at radius 2 is 2.29 bits per heavy atom. The number of Topliss-reactive ketones (excluding diaryl/α,β-unsaturated/α-hetero) is 1. The molecule has 0 saturated carbocycles. The van der Waals surface area contributed by atoms with Gasteiger partial charge in [0.15, 0.2) is 5.78 Å². The maximum atomic E-state index is 12.2. The molecule has 4 nitrogen and oxygen atoms in total. The second kappa shape index (κ2) is 5.17. The highest BCUT2D eigenvalue weighted by atomic mass is 16.2. The molecule has 1 N–H and O–H groups in total. The monoisotopic (exact) mass is 234 g/mol. The number of carbonyl (C=O) groups is 2. The maximum Gasteiger partial charge on any atom is 0.255 e. The molecule has 2 heterocycles. The Morgan fingerprint density at radius 1 is 1.47 bits per heavy atom. The summed E-state index contributed by atoms with van der Waals surface area (Å²) in [6, 6.07) is 1.54. The molecule has 1 atom stereocenters. The summed E-state index contributed by atoms with van der Waals surface area (Å²) in [7, 11) is 0. The van der Waals surface area contributed by atoms with Gasteiger partial charge in [0.25, 0.3) is 5.91 Å². The van der Waals surface area contributed by atoms with Crippen molar-refractivity contribution in [3.63, 3.8) is 0 Å². The van der Waals surface area contributed by atoms with Crippen molar-refractivity contribution < 1.29 is 9.59 Å². The van der Waals surface area contributed by atoms with Crippen molar-refractivity contribution in [3.8, 4) is 0 Å². The van der Waals surface area contributed by atoms with Gasteiger partial charge in [0.2, 0.25) is 0 Å². The number of aromatic amines is 1. The summed E-state index contributed by atoms with van der Waals surface area (Å²) in [5, 5.41) is 0. The summed E-state index contributed by atoms with van der Waals surface area (Å²) in [5.41, 5.74) is 0.640. The van der Waals surface area contributed by atoms with Gasteiger partial charge in [-0.15, -0.1) is 0 Å². The van der Waals surface area contributed by atoms with E-state index in [1.807, 2.05) is 6.92 Å². The van der Waals surface area contributed by atoms with E-state index >= 15 is 0 Å². The van der Waals surface area contributed by atoms with Crippen LogP contribution in [0, 0.1) is 0 Å². The molecule has 17 heavy (non-hydrogen) atoms. The van der Waals surface area contributed by atoms with Crippen LogP contribution in [0.3, 0.4) is 0 Å². The average molecular weight is 234 g/mol. The van der Waals surface area contributed by atoms with Crippen LogP contribution in [-0.2, 0) is 4.79 Å². The third kappa shape index (κ3) is 2.40. The lowest BCUT2D eigenvalue weighted by Crippen LogP contribution is -2.47. The van der Waals surface area contributed by atoms with E-state index < -0.39 is 0 Å². The van der Waals surface area contributed by atoms with Crippen molar-refractivity contribution in [1.82, 2.24) is 9.88 Å². The molecule has 0 bridgehead atoms. The van der Waals surface area contributed by atoms with Crippen LogP contribution in [0.15, 0.2) is 18.5 Å². The van der Waals surface area contributed by atoms with Crippen LogP contribution in [-0.4, -0.2) is 34.2 Å². The highest BCUT2D eigenvalue weighted by molar-refractivity contribution is 5.97. The zero-order chi connectivity index (χ0) is 12.3. The van der Waals surface area contributed by atoms with Gasteiger partial charge >= 0.3 is 0 Å². The smallest absolute Gasteiger partial charge is 0.255 e. The van der Waals surface area contributed by atoms with Gasteiger partial charge in [-0.05, 0) is 25.3 Å². The van der Waals surface area contributed by atoms with E-state index in [4.69, 9.17) is 0 Å². The zero-order valence-corrected chi connectivity index (χ0v) is 10.1. The van der Waals surface area contributed by atoms with E-state index in [1.165, 1.54) is 0 Å². The van der Waals surface area contributed by atoms with Crippen molar-refractivity contribution in [2.75, 3.05) is 6.54 Å². The average Bonchev–Trinajstić information content (AvgIpc) is 2.91. The molecule has 0 aromatic carbocycles. The van der Waals surface area contributed by atoms with Crippen LogP contribution >= 0.6 is 0 Å². The summed E-state index contributed by atoms with van der Waals surface area (Å²) in [6.45, 7) is 2.55. The number of nitrogens with one attached hydrogen (secondary N) is 1. The first-order chi connectivity index (χ1) is 8.24. The lowest BCUT2D eigenvalue weighted by atomic mass is 9.96. The summed E-state index contributed by atoms with van der Waals surface area (Å²) in [4.78, 5) is 28.7. The Hall–Kier alpha value is -1.58. The maximum absolute atomic E-state index is 12.2. The van der Waals surface area contributed by atoms with Crippen LogP contribution in [0.4, 0.5) is 0 Å². The molecule has 1 fully saturated rings. The van der Waals surface area contributed by atoms with Crippen molar-refractivity contribution >= 4 is 11.7 Å². The number of hydrogen-bond donors (Lipinski definition) is 1. The quantitative estimate of drug-likeness (QED) is 0.869. The third-order valence-corrected chi connectivity index (χ3v) is 3.33. The fourth-order valence-electron chi connectivity index (χ4n) is 2.37. The molecular formula is C13H18N2O2. The number of H-pyrrole nitrogens is 1. The SMILES string of the molecule is CCC(=O)[C@H]1CCCCN1C(=O)c1cc[nH]c1. The Balaban J connectivity index is 2.16. The minimum atomic E-state index is -0.212. The molecule has 0 aliphatic carbocycles. The van der Waals surface area contributed by atoms with E-state index in [9.17, 15) is 9.59 Å². The summed E-state index contributed by atoms with van der Waals surface area (Å²) >= 11 is 0. The fourth-order valence-corrected chi connectivity index (χ4v) is 2.37. The molecule has 1 saturated heterocycles. The fraction of sp³-hybridized carbons (Fsp3) is 0.538. The standard InChI is InChI=1S/C13H18N2O2/c1-2-12(16)11-5-3-4-8-15(11)13(17)10-6-7-14-9-10/h6-7,9,11,14H,2-5,8H2,1H3/t11-/m1/s1. The lowest BCUT2D eigenvalue weighted by molar-refractivity contribution is -0.124. The Kier molecular flexibility index (Phi) is 3.61. The van der Waals surface area contributed by atoms with Crippen molar-refractivity contribution in [2.45, 2.75) is 38.6 Å². The molecule has 1 aromatic heterocycles. The number of carbonyl (C=O) groups excluding carboxylic acids is 2. The molecule has 2 rings (SSSR count). The zero-order valence-electron chi connectivity index (χ0n) is 10.1. The Labute approximate surface area is 101 Å². The second-order valence-electron chi connectivity index (χ2n) is 4.43. The van der Waals surface area contributed by atoms with Crippen molar-refractivity contribution in [2.24, 2.45) is 0 Å². The molecule has 1 aromatic rings. The van der Waals surface area contributed by atoms with E-state index in [1.54, 1.807) is 23.4 Å². The Bertz CT molecular complexity index is 398. The predicted octanol–water partition coefficient (Wildman–Crippen LogP) is 1.99. The van der Waals surface area contributed by atoms with Crippen LogP contribution < -0.4 is 0 Å². The van der Waals surface area contributed by atoms with Gasteiger partial charge in [0.1, 0.15) is 0 Å². The van der Waals surface area contributed by atoms with E-state index in [0.717, 1.165) is 19.3 Å². The Morgan fingerprint density at radius 3 is 2.94 bits per heavy atom. The highest BCUT2D eigenvalue weighted by Crippen LogP contribution is 2.21. The molecular weight excluding hydrogens is 216 g/mol. The number of likely N-dealkylation sites (tertiary alicyclic amines) is 1. The third-order valence-electron chi connectivity index (χ3n) is 3.33. The van der Waals surface area contributed by atoms with Gasteiger partial charge in [-0.1, -0.05) is 6.92 Å². The summed E-state index contributed by atoms with van der Waals surface area (Å²) in [5.74, 6) is 0.145. The molecule has 1 amide bonds. The van der Waals surface area contributed by atoms with Gasteiger partial charge in [-0.3, -0.25) is 9.59 Å². The van der Waals surface area contributed by atoms with Crippen LogP contribution in [0.2, 0.25) is 0 Å². The van der Waals surface area contributed by atoms with Gasteiger partial charge in [0, 0.05) is 25.4 Å². The van der Waals surface area contributed by atoms with E-state index in [-0.39, 0.29) is 17.7 Å². The van der Waals surface area contributed by atoms with Crippen LogP contribution in [0.1, 0.15) is 43.0 Å². The topological polar surface area (TPSA) is 53.2 Å². The van der Waals surface area contributed by atoms with Crippen LogP contribution in [0.25, 0.3) is 0 Å². The minimum Gasteiger partial charge on any atom is -0.367 e. The molecule has 1 aliphatic rings. The molecule has 4 heteroatoms. The van der Waals surface area contributed by atoms with E-state index in [0.29, 0.717) is 18.5 Å². The summed E-state index contributed by atoms with van der Waals surface area (Å²) < 4.78 is 0. The largest absolute Gasteiger partial charge is 0.367 e. The predicted molar refractivity (Wildman–Crippen MR) is 64.8 cm³/mol. The molecule has 1 aliphatic heterocycles. The first-order valence-corrected chi connectivity index (χ1v) is 6.20. The molecule has 92 valence electrons. The molecule has 0 unspecified atom stereocenters. The highest BCUT2D eigenvalue weighted by Gasteiger charge is 2.31. The van der Waals surface area contributed by atoms with Gasteiger partial charge in [-0.2, -0.15) is 0 Å². The number of nitrogens with zero attached hydrogens (tertiary/aromatic N) is 1. The first-order valence-electron chi connectivity index (χ1n) is 6.20. The van der Waals surface area contributed by atoms with Gasteiger partial charge in [0.05, 0.1) is 11.6 Å². The number of rotatable bonds is 3. The van der Waals surface area contributed by atoms with Gasteiger partial charge < -0.3 is 9.88 Å². The van der Waals surface area contributed by atoms with Gasteiger partial charge in [-0.25, -0.2) is 0 Å². The number of piperidine rings is 1. The number of amides is 1. The molecule has 0 radical (unpaired) electrons. The van der Waals surface area contributed by atoms with Crippen molar-refractivity contribution in [3.05, 3.63) is 24.0 Å². The number of hydrogen-bond acceptors (Lipinski definition) is 2. The van der Waals surface area contributed by atoms with Crippen LogP contribution in [0.5, 0.6) is 0 Å². The second-order valence-corrected chi connectivity index (χ2v) is 4.43. The minimum absolute atomic E-state index is 0.0299. The van der Waals surface area contributed by atoms with Crippen molar-refractivity contribution in [1.29, 1.82) is 0 Å². The number of aromatic nitrogens is 1. The lowest BCUT2D eigenvalue weighted by Gasteiger charge is -2.34. The molecule has 0 spiro atoms. The first kappa shape index (κ1) is 11.9. The summed E-state index contributed by atoms with van der Waals surface area (Å²) in [6.07, 6.45) is 6.75. The number of ketones is 1. The normalized spacial score (nSPS) is 20.3.